The van der Waals surface area contributed by atoms with Crippen LogP contribution in [0.2, 0.25) is 5.02 Å². The zero-order valence-corrected chi connectivity index (χ0v) is 11.5. The maximum atomic E-state index is 11.5. The molecule has 0 bridgehead atoms. The van der Waals surface area contributed by atoms with E-state index in [1.165, 1.54) is 13.2 Å². The minimum atomic E-state index is -0.341. The Morgan fingerprint density at radius 1 is 1.40 bits per heavy atom. The molecule has 1 amide bonds. The second-order valence-corrected chi connectivity index (χ2v) is 4.09. The molecule has 20 heavy (non-hydrogen) atoms. The molecule has 1 rings (SSSR count). The van der Waals surface area contributed by atoms with Gasteiger partial charge in [0.1, 0.15) is 6.61 Å². The highest BCUT2D eigenvalue weighted by Crippen LogP contribution is 2.28. The summed E-state index contributed by atoms with van der Waals surface area (Å²) in [5, 5.41) is 3.02. The number of nitrogens with zero attached hydrogens (tertiary/aromatic N) is 2. The van der Waals surface area contributed by atoms with Gasteiger partial charge in [0.05, 0.1) is 11.4 Å². The van der Waals surface area contributed by atoms with Crippen molar-refractivity contribution in [2.24, 2.45) is 27.2 Å². The van der Waals surface area contributed by atoms with Crippen LogP contribution in [-0.4, -0.2) is 31.5 Å². The Morgan fingerprint density at radius 2 is 2.10 bits per heavy atom. The fourth-order valence-electron chi connectivity index (χ4n) is 1.30. The zero-order chi connectivity index (χ0) is 15.1. The van der Waals surface area contributed by atoms with E-state index in [9.17, 15) is 4.79 Å². The lowest BCUT2D eigenvalue weighted by atomic mass is 10.2. The summed E-state index contributed by atoms with van der Waals surface area (Å²) >= 11 is 5.87. The van der Waals surface area contributed by atoms with Gasteiger partial charge in [0.25, 0.3) is 0 Å². The van der Waals surface area contributed by atoms with Crippen LogP contribution >= 0.6 is 11.6 Å². The predicted octanol–water partition coefficient (Wildman–Crippen LogP) is 0.145. The summed E-state index contributed by atoms with van der Waals surface area (Å²) in [6.07, 6.45) is 0. The van der Waals surface area contributed by atoms with Crippen molar-refractivity contribution in [2.75, 3.05) is 19.0 Å². The maximum Gasteiger partial charge on any atom is 0.250 e. The van der Waals surface area contributed by atoms with Crippen LogP contribution in [0, 0.1) is 0 Å². The summed E-state index contributed by atoms with van der Waals surface area (Å²) in [5.74, 6) is -0.723. The van der Waals surface area contributed by atoms with Crippen LogP contribution in [0.5, 0.6) is 0 Å². The molecule has 0 heterocycles. The van der Waals surface area contributed by atoms with Gasteiger partial charge in [0, 0.05) is 12.1 Å². The van der Waals surface area contributed by atoms with Gasteiger partial charge in [-0.1, -0.05) is 11.6 Å². The number of carbonyl (C=O) groups excluding carboxylic acids is 1. The molecule has 0 aliphatic carbocycles. The van der Waals surface area contributed by atoms with Gasteiger partial charge >= 0.3 is 0 Å². The number of nitrogens with two attached hydrogens (primary N) is 3. The third kappa shape index (κ3) is 5.12. The largest absolute Gasteiger partial charge is 0.375 e. The van der Waals surface area contributed by atoms with Crippen LogP contribution in [0.15, 0.2) is 28.2 Å². The normalized spacial score (nSPS) is 11.0. The van der Waals surface area contributed by atoms with E-state index in [4.69, 9.17) is 33.5 Å². The number of anilines is 1. The fourth-order valence-corrected chi connectivity index (χ4v) is 1.47. The van der Waals surface area contributed by atoms with Gasteiger partial charge in [-0.3, -0.25) is 4.79 Å². The third-order valence-corrected chi connectivity index (χ3v) is 2.22. The average molecular weight is 299 g/mol. The quantitative estimate of drug-likeness (QED) is 0.462. The topological polar surface area (TPSA) is 141 Å². The third-order valence-electron chi connectivity index (χ3n) is 1.99. The van der Waals surface area contributed by atoms with Gasteiger partial charge < -0.3 is 27.3 Å². The van der Waals surface area contributed by atoms with Crippen LogP contribution in [0.3, 0.4) is 0 Å². The van der Waals surface area contributed by atoms with E-state index < -0.39 is 0 Å². The molecule has 0 fully saturated rings. The Bertz CT molecular complexity index is 554. The number of rotatable bonds is 4. The van der Waals surface area contributed by atoms with Crippen molar-refractivity contribution in [3.05, 3.63) is 23.2 Å². The lowest BCUT2D eigenvalue weighted by Gasteiger charge is -2.08. The molecule has 0 spiro atoms. The summed E-state index contributed by atoms with van der Waals surface area (Å²) < 4.78 is 4.72. The van der Waals surface area contributed by atoms with Gasteiger partial charge in [-0.25, -0.2) is 4.99 Å². The van der Waals surface area contributed by atoms with Crippen molar-refractivity contribution in [1.29, 1.82) is 0 Å². The van der Waals surface area contributed by atoms with Gasteiger partial charge in [-0.15, -0.1) is 0 Å². The van der Waals surface area contributed by atoms with E-state index in [1.54, 1.807) is 12.1 Å². The number of hydrogen-bond acceptors (Lipinski definition) is 3. The number of guanidine groups is 2. The molecule has 0 aliphatic heterocycles. The van der Waals surface area contributed by atoms with Crippen LogP contribution < -0.4 is 22.5 Å². The number of aliphatic imine (C=N–C) groups is 2. The number of carbonyl (C=O) groups is 1. The average Bonchev–Trinajstić information content (AvgIpc) is 2.31. The van der Waals surface area contributed by atoms with Crippen LogP contribution in [0.1, 0.15) is 0 Å². The lowest BCUT2D eigenvalue weighted by molar-refractivity contribution is -0.119. The number of methoxy groups -OCH3 is 1. The highest BCUT2D eigenvalue weighted by Gasteiger charge is 2.07. The number of ether oxygens (including phenoxy) is 1. The van der Waals surface area contributed by atoms with Crippen molar-refractivity contribution in [2.45, 2.75) is 0 Å². The molecule has 0 saturated carbocycles. The summed E-state index contributed by atoms with van der Waals surface area (Å²) in [7, 11) is 1.41. The van der Waals surface area contributed by atoms with Gasteiger partial charge in [-0.05, 0) is 18.2 Å². The smallest absolute Gasteiger partial charge is 0.250 e. The van der Waals surface area contributed by atoms with Crippen molar-refractivity contribution < 1.29 is 9.53 Å². The number of amides is 1. The number of halogens is 1. The van der Waals surface area contributed by atoms with Gasteiger partial charge in [0.2, 0.25) is 11.9 Å². The van der Waals surface area contributed by atoms with Crippen LogP contribution in [-0.2, 0) is 9.53 Å². The summed E-state index contributed by atoms with van der Waals surface area (Å²) in [4.78, 5) is 19.1. The van der Waals surface area contributed by atoms with Gasteiger partial charge in [0.15, 0.2) is 5.96 Å². The minimum Gasteiger partial charge on any atom is -0.375 e. The number of hydrogen-bond donors (Lipinski definition) is 4. The number of nitrogens with one attached hydrogen (secondary N) is 1. The Balaban J connectivity index is 3.08. The number of benzene rings is 1. The standard InChI is InChI=1S/C11H15ClN6O2/c1-20-5-9(19)16-7-3-2-6(12)4-8(7)17-11(15)18-10(13)14/h2-4H,5H2,1H3,(H,16,19)(H6,13,14,15,17,18). The Kier molecular flexibility index (Phi) is 5.75. The van der Waals surface area contributed by atoms with Crippen LogP contribution in [0.4, 0.5) is 11.4 Å². The summed E-state index contributed by atoms with van der Waals surface area (Å²) in [6.45, 7) is -0.0881. The van der Waals surface area contributed by atoms with Crippen LogP contribution in [0.25, 0.3) is 0 Å². The minimum absolute atomic E-state index is 0.0881. The Morgan fingerprint density at radius 3 is 2.70 bits per heavy atom. The lowest BCUT2D eigenvalue weighted by Crippen LogP contribution is -2.26. The van der Waals surface area contributed by atoms with E-state index in [1.807, 2.05) is 0 Å². The molecule has 1 aromatic rings. The van der Waals surface area contributed by atoms with E-state index in [-0.39, 0.29) is 24.4 Å². The molecule has 0 saturated heterocycles. The maximum absolute atomic E-state index is 11.5. The molecule has 108 valence electrons. The zero-order valence-electron chi connectivity index (χ0n) is 10.8. The Hall–Kier alpha value is -2.32. The van der Waals surface area contributed by atoms with E-state index in [0.29, 0.717) is 16.4 Å². The molecule has 9 heteroatoms. The molecule has 0 atom stereocenters. The molecule has 0 unspecified atom stereocenters. The first kappa shape index (κ1) is 15.7. The van der Waals surface area contributed by atoms with Crippen molar-refractivity contribution in [1.82, 2.24) is 0 Å². The van der Waals surface area contributed by atoms with Crippen molar-refractivity contribution in [3.8, 4) is 0 Å². The van der Waals surface area contributed by atoms with Crippen molar-refractivity contribution >= 4 is 40.8 Å². The first-order valence-corrected chi connectivity index (χ1v) is 5.82. The van der Waals surface area contributed by atoms with E-state index in [0.717, 1.165) is 0 Å². The van der Waals surface area contributed by atoms with E-state index >= 15 is 0 Å². The summed E-state index contributed by atoms with van der Waals surface area (Å²) in [5.41, 5.74) is 16.6. The monoisotopic (exact) mass is 298 g/mol. The highest BCUT2D eigenvalue weighted by atomic mass is 35.5. The molecule has 0 radical (unpaired) electrons. The van der Waals surface area contributed by atoms with E-state index in [2.05, 4.69) is 15.3 Å². The van der Waals surface area contributed by atoms with Gasteiger partial charge in [-0.2, -0.15) is 4.99 Å². The summed E-state index contributed by atoms with van der Waals surface area (Å²) in [6, 6.07) is 4.69. The first-order chi connectivity index (χ1) is 9.42. The van der Waals surface area contributed by atoms with Crippen molar-refractivity contribution in [3.63, 3.8) is 0 Å². The molecule has 1 aromatic carbocycles. The molecule has 0 aliphatic rings. The fraction of sp³-hybridized carbons (Fsp3) is 0.182. The molecule has 7 N–H and O–H groups in total. The second kappa shape index (κ2) is 7.31. The highest BCUT2D eigenvalue weighted by molar-refractivity contribution is 6.31. The molecule has 8 nitrogen and oxygen atoms in total. The molecule has 0 aromatic heterocycles. The molecular formula is C11H15ClN6O2. The molecular weight excluding hydrogens is 284 g/mol. The Labute approximate surface area is 120 Å². The SMILES string of the molecule is COCC(=O)Nc1ccc(Cl)cc1N=C(N)N=C(N)N. The second-order valence-electron chi connectivity index (χ2n) is 3.65. The predicted molar refractivity (Wildman–Crippen MR) is 79.0 cm³/mol. The first-order valence-electron chi connectivity index (χ1n) is 5.44.